The number of nitrogen functional groups attached to an aromatic ring is 1. The van der Waals surface area contributed by atoms with Gasteiger partial charge in [0.05, 0.1) is 10.7 Å². The average molecular weight is 284 g/mol. The predicted molar refractivity (Wildman–Crippen MR) is 73.1 cm³/mol. The van der Waals surface area contributed by atoms with E-state index in [2.05, 4.69) is 5.32 Å². The zero-order valence-corrected chi connectivity index (χ0v) is 10.8. The molecule has 1 aromatic heterocycles. The van der Waals surface area contributed by atoms with Gasteiger partial charge >= 0.3 is 4.87 Å². The number of benzene rings is 1. The maximum atomic E-state index is 11.7. The molecule has 0 atom stereocenters. The quantitative estimate of drug-likeness (QED) is 0.843. The number of amides is 1. The standard InChI is InChI=1S/C11H10ClN3O2S/c12-8-2-1-7(13)5-9(8)14-10(16)6-15-3-4-18-11(15)17/h1-5H,6,13H2,(H,14,16). The number of halogens is 1. The van der Waals surface area contributed by atoms with Gasteiger partial charge in [0.25, 0.3) is 0 Å². The van der Waals surface area contributed by atoms with Crippen LogP contribution in [0.25, 0.3) is 0 Å². The highest BCUT2D eigenvalue weighted by Crippen LogP contribution is 2.23. The maximum absolute atomic E-state index is 11.7. The maximum Gasteiger partial charge on any atom is 0.307 e. The second kappa shape index (κ2) is 5.24. The Morgan fingerprint density at radius 2 is 2.28 bits per heavy atom. The van der Waals surface area contributed by atoms with E-state index in [-0.39, 0.29) is 17.3 Å². The van der Waals surface area contributed by atoms with Gasteiger partial charge < -0.3 is 11.1 Å². The van der Waals surface area contributed by atoms with Crippen molar-refractivity contribution >= 4 is 40.2 Å². The Morgan fingerprint density at radius 3 is 2.94 bits per heavy atom. The first-order chi connectivity index (χ1) is 8.56. The molecule has 0 saturated heterocycles. The van der Waals surface area contributed by atoms with E-state index in [1.54, 1.807) is 29.8 Å². The number of hydrogen-bond acceptors (Lipinski definition) is 4. The van der Waals surface area contributed by atoms with Crippen LogP contribution in [0.4, 0.5) is 11.4 Å². The summed E-state index contributed by atoms with van der Waals surface area (Å²) in [6.45, 7) is -0.0482. The van der Waals surface area contributed by atoms with E-state index >= 15 is 0 Å². The van der Waals surface area contributed by atoms with Crippen LogP contribution in [0.15, 0.2) is 34.6 Å². The minimum Gasteiger partial charge on any atom is -0.399 e. The van der Waals surface area contributed by atoms with Crippen molar-refractivity contribution in [2.75, 3.05) is 11.1 Å². The number of carbonyl (C=O) groups is 1. The molecule has 1 heterocycles. The van der Waals surface area contributed by atoms with Gasteiger partial charge in [0.1, 0.15) is 6.54 Å². The minimum absolute atomic E-state index is 0.0482. The highest BCUT2D eigenvalue weighted by Gasteiger charge is 2.08. The Kier molecular flexibility index (Phi) is 3.69. The fourth-order valence-corrected chi connectivity index (χ4v) is 2.14. The van der Waals surface area contributed by atoms with Crippen LogP contribution in [-0.2, 0) is 11.3 Å². The summed E-state index contributed by atoms with van der Waals surface area (Å²) in [6.07, 6.45) is 1.56. The molecule has 3 N–H and O–H groups in total. The van der Waals surface area contributed by atoms with Crippen molar-refractivity contribution in [3.05, 3.63) is 44.5 Å². The molecule has 7 heteroatoms. The molecule has 0 bridgehead atoms. The predicted octanol–water partition coefficient (Wildman–Crippen LogP) is 1.78. The second-order valence-electron chi connectivity index (χ2n) is 3.58. The van der Waals surface area contributed by atoms with E-state index in [0.29, 0.717) is 16.4 Å². The lowest BCUT2D eigenvalue weighted by Gasteiger charge is -2.08. The van der Waals surface area contributed by atoms with Gasteiger partial charge in [0, 0.05) is 17.3 Å². The fraction of sp³-hybridized carbons (Fsp3) is 0.0909. The van der Waals surface area contributed by atoms with E-state index in [0.717, 1.165) is 11.3 Å². The number of nitrogens with two attached hydrogens (primary N) is 1. The third-order valence-corrected chi connectivity index (χ3v) is 3.25. The molecule has 94 valence electrons. The van der Waals surface area contributed by atoms with Crippen molar-refractivity contribution in [2.45, 2.75) is 6.54 Å². The topological polar surface area (TPSA) is 77.1 Å². The number of carbonyl (C=O) groups excluding carboxylic acids is 1. The first-order valence-electron chi connectivity index (χ1n) is 5.05. The molecule has 18 heavy (non-hydrogen) atoms. The second-order valence-corrected chi connectivity index (χ2v) is 4.85. The van der Waals surface area contributed by atoms with Crippen molar-refractivity contribution in [3.63, 3.8) is 0 Å². The van der Waals surface area contributed by atoms with Crippen LogP contribution in [0.3, 0.4) is 0 Å². The molecule has 0 unspecified atom stereocenters. The number of hydrogen-bond donors (Lipinski definition) is 2. The molecule has 0 saturated carbocycles. The molecule has 5 nitrogen and oxygen atoms in total. The van der Waals surface area contributed by atoms with Crippen LogP contribution in [0.2, 0.25) is 5.02 Å². The van der Waals surface area contributed by atoms with Gasteiger partial charge in [0.2, 0.25) is 5.91 Å². The molecule has 0 radical (unpaired) electrons. The zero-order chi connectivity index (χ0) is 13.1. The van der Waals surface area contributed by atoms with Gasteiger partial charge in [-0.1, -0.05) is 22.9 Å². The zero-order valence-electron chi connectivity index (χ0n) is 9.22. The number of anilines is 2. The largest absolute Gasteiger partial charge is 0.399 e. The lowest BCUT2D eigenvalue weighted by Crippen LogP contribution is -2.23. The van der Waals surface area contributed by atoms with Gasteiger partial charge in [-0.05, 0) is 18.2 Å². The first kappa shape index (κ1) is 12.7. The molecule has 0 aliphatic carbocycles. The Labute approximate surface area is 112 Å². The van der Waals surface area contributed by atoms with E-state index in [9.17, 15) is 9.59 Å². The minimum atomic E-state index is -0.331. The molecular formula is C11H10ClN3O2S. The third kappa shape index (κ3) is 2.91. The summed E-state index contributed by atoms with van der Waals surface area (Å²) in [6, 6.07) is 4.81. The molecule has 0 fully saturated rings. The summed E-state index contributed by atoms with van der Waals surface area (Å²) in [5.41, 5.74) is 6.54. The summed E-state index contributed by atoms with van der Waals surface area (Å²) in [4.78, 5) is 22.8. The Morgan fingerprint density at radius 1 is 1.50 bits per heavy atom. The summed E-state index contributed by atoms with van der Waals surface area (Å²) in [5.74, 6) is -0.331. The number of thiazole rings is 1. The van der Waals surface area contributed by atoms with Crippen molar-refractivity contribution < 1.29 is 4.79 Å². The molecule has 0 aliphatic heterocycles. The van der Waals surface area contributed by atoms with E-state index in [1.807, 2.05) is 0 Å². The van der Waals surface area contributed by atoms with Crippen LogP contribution in [-0.4, -0.2) is 10.5 Å². The van der Waals surface area contributed by atoms with E-state index < -0.39 is 0 Å². The molecule has 2 rings (SSSR count). The number of aromatic nitrogens is 1. The molecule has 1 aromatic carbocycles. The Balaban J connectivity index is 2.10. The number of nitrogens with one attached hydrogen (secondary N) is 1. The monoisotopic (exact) mass is 283 g/mol. The fourth-order valence-electron chi connectivity index (χ4n) is 1.39. The Bertz CT molecular complexity index is 635. The molecule has 0 aliphatic rings. The molecule has 2 aromatic rings. The van der Waals surface area contributed by atoms with Crippen LogP contribution in [0, 0.1) is 0 Å². The summed E-state index contributed by atoms with van der Waals surface area (Å²) in [5, 5.41) is 4.64. The van der Waals surface area contributed by atoms with Gasteiger partial charge in [-0.25, -0.2) is 0 Å². The van der Waals surface area contributed by atoms with Gasteiger partial charge in [-0.2, -0.15) is 0 Å². The van der Waals surface area contributed by atoms with E-state index in [1.165, 1.54) is 4.57 Å². The summed E-state index contributed by atoms with van der Waals surface area (Å²) < 4.78 is 1.32. The highest BCUT2D eigenvalue weighted by molar-refractivity contribution is 7.07. The SMILES string of the molecule is Nc1ccc(Cl)c(NC(=O)Cn2ccsc2=O)c1. The third-order valence-electron chi connectivity index (χ3n) is 2.22. The molecule has 0 spiro atoms. The summed E-state index contributed by atoms with van der Waals surface area (Å²) >= 11 is 6.96. The molecule has 1 amide bonds. The lowest BCUT2D eigenvalue weighted by atomic mass is 10.3. The van der Waals surface area contributed by atoms with Crippen LogP contribution in [0.1, 0.15) is 0 Å². The lowest BCUT2D eigenvalue weighted by molar-refractivity contribution is -0.116. The van der Waals surface area contributed by atoms with Gasteiger partial charge in [-0.15, -0.1) is 0 Å². The van der Waals surface area contributed by atoms with Crippen molar-refractivity contribution in [2.24, 2.45) is 0 Å². The van der Waals surface area contributed by atoms with Crippen LogP contribution < -0.4 is 15.9 Å². The molecular weight excluding hydrogens is 274 g/mol. The van der Waals surface area contributed by atoms with Crippen molar-refractivity contribution in [1.29, 1.82) is 0 Å². The van der Waals surface area contributed by atoms with Crippen molar-refractivity contribution in [3.8, 4) is 0 Å². The highest BCUT2D eigenvalue weighted by atomic mass is 35.5. The number of nitrogens with zero attached hydrogens (tertiary/aromatic N) is 1. The number of rotatable bonds is 3. The average Bonchev–Trinajstić information content (AvgIpc) is 2.70. The smallest absolute Gasteiger partial charge is 0.307 e. The van der Waals surface area contributed by atoms with Gasteiger partial charge in [-0.3, -0.25) is 14.2 Å². The van der Waals surface area contributed by atoms with Crippen LogP contribution in [0.5, 0.6) is 0 Å². The normalized spacial score (nSPS) is 10.3. The van der Waals surface area contributed by atoms with E-state index in [4.69, 9.17) is 17.3 Å². The van der Waals surface area contributed by atoms with Crippen LogP contribution >= 0.6 is 22.9 Å². The summed E-state index contributed by atoms with van der Waals surface area (Å²) in [7, 11) is 0. The van der Waals surface area contributed by atoms with Gasteiger partial charge in [0.15, 0.2) is 0 Å². The van der Waals surface area contributed by atoms with Crippen molar-refractivity contribution in [1.82, 2.24) is 4.57 Å². The first-order valence-corrected chi connectivity index (χ1v) is 6.31. The Hall–Kier alpha value is -1.79.